The lowest BCUT2D eigenvalue weighted by Gasteiger charge is -2.20. The molecule has 22 heavy (non-hydrogen) atoms. The molecule has 120 valence electrons. The van der Waals surface area contributed by atoms with Crippen LogP contribution >= 0.6 is 0 Å². The molecule has 1 aromatic rings. The first-order chi connectivity index (χ1) is 10.7. The van der Waals surface area contributed by atoms with Crippen molar-refractivity contribution in [2.45, 2.75) is 31.9 Å². The molecule has 1 amide bonds. The molecule has 2 rings (SSSR count). The van der Waals surface area contributed by atoms with Crippen LogP contribution in [0.15, 0.2) is 30.3 Å². The summed E-state index contributed by atoms with van der Waals surface area (Å²) in [6.45, 7) is 2.22. The number of likely N-dealkylation sites (tertiary alicyclic amines) is 1. The molecule has 1 saturated heterocycles. The second kappa shape index (κ2) is 8.38. The van der Waals surface area contributed by atoms with Crippen LogP contribution in [0.4, 0.5) is 4.79 Å². The number of nitrogens with zero attached hydrogens (tertiary/aromatic N) is 1. The average Bonchev–Trinajstić information content (AvgIpc) is 2.99. The Balaban J connectivity index is 1.58. The maximum absolute atomic E-state index is 11.5. The molecular formula is C16H22N2O4. The molecule has 0 unspecified atom stereocenters. The molecular weight excluding hydrogens is 284 g/mol. The third kappa shape index (κ3) is 5.04. The fourth-order valence-electron chi connectivity index (χ4n) is 2.62. The summed E-state index contributed by atoms with van der Waals surface area (Å²) in [7, 11) is 0. The van der Waals surface area contributed by atoms with Crippen molar-refractivity contribution < 1.29 is 19.4 Å². The van der Waals surface area contributed by atoms with E-state index in [2.05, 4.69) is 5.32 Å². The smallest absolute Gasteiger partial charge is 0.407 e. The molecule has 1 aliphatic heterocycles. The number of carbonyl (C=O) groups excluding carboxylic acids is 1. The quantitative estimate of drug-likeness (QED) is 0.752. The van der Waals surface area contributed by atoms with Crippen molar-refractivity contribution in [1.82, 2.24) is 10.2 Å². The Morgan fingerprint density at radius 2 is 2.09 bits per heavy atom. The summed E-state index contributed by atoms with van der Waals surface area (Å²) in [4.78, 5) is 24.5. The first-order valence-electron chi connectivity index (χ1n) is 7.58. The Morgan fingerprint density at radius 3 is 2.82 bits per heavy atom. The first-order valence-corrected chi connectivity index (χ1v) is 7.58. The van der Waals surface area contributed by atoms with E-state index in [0.717, 1.165) is 18.5 Å². The number of nitrogens with one attached hydrogen (secondary N) is 1. The highest BCUT2D eigenvalue weighted by Gasteiger charge is 2.29. The van der Waals surface area contributed by atoms with Gasteiger partial charge in [-0.1, -0.05) is 30.3 Å². The summed E-state index contributed by atoms with van der Waals surface area (Å²) in [5, 5.41) is 11.8. The first kappa shape index (κ1) is 16.3. The maximum atomic E-state index is 11.5. The van der Waals surface area contributed by atoms with E-state index >= 15 is 0 Å². The van der Waals surface area contributed by atoms with Gasteiger partial charge in [0.05, 0.1) is 0 Å². The van der Waals surface area contributed by atoms with Crippen LogP contribution in [0.3, 0.4) is 0 Å². The highest BCUT2D eigenvalue weighted by Crippen LogP contribution is 2.17. The lowest BCUT2D eigenvalue weighted by molar-refractivity contribution is -0.142. The molecule has 1 heterocycles. The van der Waals surface area contributed by atoms with Gasteiger partial charge in [0.15, 0.2) is 0 Å². The molecule has 6 nitrogen and oxygen atoms in total. The van der Waals surface area contributed by atoms with Gasteiger partial charge in [0.25, 0.3) is 0 Å². The predicted octanol–water partition coefficient (Wildman–Crippen LogP) is 1.85. The Hall–Kier alpha value is -2.08. The molecule has 1 aliphatic rings. The largest absolute Gasteiger partial charge is 0.480 e. The van der Waals surface area contributed by atoms with E-state index in [0.29, 0.717) is 25.9 Å². The van der Waals surface area contributed by atoms with Crippen molar-refractivity contribution in [1.29, 1.82) is 0 Å². The van der Waals surface area contributed by atoms with E-state index in [1.165, 1.54) is 0 Å². The van der Waals surface area contributed by atoms with Gasteiger partial charge < -0.3 is 15.2 Å². The zero-order valence-corrected chi connectivity index (χ0v) is 12.5. The van der Waals surface area contributed by atoms with Crippen molar-refractivity contribution in [3.63, 3.8) is 0 Å². The molecule has 0 saturated carbocycles. The molecule has 0 spiro atoms. The summed E-state index contributed by atoms with van der Waals surface area (Å²) < 4.78 is 5.10. The molecule has 1 fully saturated rings. The Bertz CT molecular complexity index is 492. The molecule has 2 N–H and O–H groups in total. The number of rotatable bonds is 7. The minimum Gasteiger partial charge on any atom is -0.480 e. The number of alkyl carbamates (subject to hydrolysis) is 1. The van der Waals surface area contributed by atoms with Gasteiger partial charge >= 0.3 is 12.1 Å². The third-order valence-electron chi connectivity index (χ3n) is 3.75. The standard InChI is InChI=1S/C16H22N2O4/c19-15(20)14-8-4-10-18(14)11-5-9-17-16(21)22-12-13-6-2-1-3-7-13/h1-3,6-7,14H,4-5,8-12H2,(H,17,21)(H,19,20)/t14-/m0/s1. The van der Waals surface area contributed by atoms with Gasteiger partial charge in [0, 0.05) is 13.1 Å². The molecule has 0 radical (unpaired) electrons. The Morgan fingerprint density at radius 1 is 1.32 bits per heavy atom. The van der Waals surface area contributed by atoms with E-state index in [1.54, 1.807) is 0 Å². The van der Waals surface area contributed by atoms with Crippen LogP contribution in [0, 0.1) is 0 Å². The van der Waals surface area contributed by atoms with Crippen molar-refractivity contribution in [3.8, 4) is 0 Å². The SMILES string of the molecule is O=C(NCCCN1CCC[C@H]1C(=O)O)OCc1ccccc1. The summed E-state index contributed by atoms with van der Waals surface area (Å²) in [6, 6.07) is 9.12. The topological polar surface area (TPSA) is 78.9 Å². The average molecular weight is 306 g/mol. The van der Waals surface area contributed by atoms with Crippen molar-refractivity contribution in [2.75, 3.05) is 19.6 Å². The second-order valence-corrected chi connectivity index (χ2v) is 5.37. The highest BCUT2D eigenvalue weighted by atomic mass is 16.5. The van der Waals surface area contributed by atoms with Crippen molar-refractivity contribution >= 4 is 12.1 Å². The summed E-state index contributed by atoms with van der Waals surface area (Å²) in [5.74, 6) is -0.757. The van der Waals surface area contributed by atoms with Gasteiger partial charge in [-0.15, -0.1) is 0 Å². The van der Waals surface area contributed by atoms with Crippen LogP contribution < -0.4 is 5.32 Å². The van der Waals surface area contributed by atoms with Gasteiger partial charge in [-0.2, -0.15) is 0 Å². The van der Waals surface area contributed by atoms with Crippen LogP contribution in [0.2, 0.25) is 0 Å². The minimum absolute atomic E-state index is 0.250. The van der Waals surface area contributed by atoms with E-state index in [-0.39, 0.29) is 12.6 Å². The number of carbonyl (C=O) groups is 2. The number of hydrogen-bond donors (Lipinski definition) is 2. The number of benzene rings is 1. The minimum atomic E-state index is -0.757. The number of aliphatic carboxylic acids is 1. The molecule has 1 aromatic carbocycles. The summed E-state index contributed by atoms with van der Waals surface area (Å²) >= 11 is 0. The van der Waals surface area contributed by atoms with Gasteiger partial charge in [0.2, 0.25) is 0 Å². The Labute approximate surface area is 130 Å². The van der Waals surface area contributed by atoms with E-state index in [4.69, 9.17) is 9.84 Å². The maximum Gasteiger partial charge on any atom is 0.407 e. The lowest BCUT2D eigenvalue weighted by Crippen LogP contribution is -2.37. The molecule has 0 bridgehead atoms. The molecule has 0 aromatic heterocycles. The number of amides is 1. The van der Waals surface area contributed by atoms with Gasteiger partial charge in [-0.3, -0.25) is 9.69 Å². The highest BCUT2D eigenvalue weighted by molar-refractivity contribution is 5.73. The van der Waals surface area contributed by atoms with Gasteiger partial charge in [-0.05, 0) is 31.4 Å². The second-order valence-electron chi connectivity index (χ2n) is 5.37. The molecule has 1 atom stereocenters. The predicted molar refractivity (Wildman–Crippen MR) is 81.5 cm³/mol. The zero-order chi connectivity index (χ0) is 15.8. The normalized spacial score (nSPS) is 18.1. The van der Waals surface area contributed by atoms with Crippen LogP contribution in [-0.2, 0) is 16.1 Å². The van der Waals surface area contributed by atoms with Crippen LogP contribution in [0.25, 0.3) is 0 Å². The van der Waals surface area contributed by atoms with Crippen LogP contribution in [0.5, 0.6) is 0 Å². The Kier molecular flexibility index (Phi) is 6.21. The summed E-state index contributed by atoms with van der Waals surface area (Å²) in [5.41, 5.74) is 0.944. The van der Waals surface area contributed by atoms with Crippen LogP contribution in [0.1, 0.15) is 24.8 Å². The number of ether oxygens (including phenoxy) is 1. The van der Waals surface area contributed by atoms with Crippen molar-refractivity contribution in [3.05, 3.63) is 35.9 Å². The number of carboxylic acid groups (broad SMARTS) is 1. The lowest BCUT2D eigenvalue weighted by atomic mass is 10.2. The third-order valence-corrected chi connectivity index (χ3v) is 3.75. The zero-order valence-electron chi connectivity index (χ0n) is 12.5. The van der Waals surface area contributed by atoms with Gasteiger partial charge in [-0.25, -0.2) is 4.79 Å². The van der Waals surface area contributed by atoms with E-state index in [1.807, 2.05) is 35.2 Å². The number of hydrogen-bond acceptors (Lipinski definition) is 4. The monoisotopic (exact) mass is 306 g/mol. The molecule has 6 heteroatoms. The summed E-state index contributed by atoms with van der Waals surface area (Å²) in [6.07, 6.45) is 1.90. The molecule has 0 aliphatic carbocycles. The van der Waals surface area contributed by atoms with E-state index < -0.39 is 12.1 Å². The fourth-order valence-corrected chi connectivity index (χ4v) is 2.62. The van der Waals surface area contributed by atoms with Crippen LogP contribution in [-0.4, -0.2) is 47.7 Å². The van der Waals surface area contributed by atoms with E-state index in [9.17, 15) is 9.59 Å². The number of carboxylic acids is 1. The van der Waals surface area contributed by atoms with Gasteiger partial charge in [0.1, 0.15) is 12.6 Å². The fraction of sp³-hybridized carbons (Fsp3) is 0.500. The van der Waals surface area contributed by atoms with Crippen molar-refractivity contribution in [2.24, 2.45) is 0 Å².